The van der Waals surface area contributed by atoms with Gasteiger partial charge in [-0.2, -0.15) is 0 Å². The van der Waals surface area contributed by atoms with Crippen LogP contribution in [0, 0.1) is 0 Å². The third kappa shape index (κ3) is 2.13. The first kappa shape index (κ1) is 12.6. The Hall–Kier alpha value is -3.08. The highest BCUT2D eigenvalue weighted by molar-refractivity contribution is 5.94. The highest BCUT2D eigenvalue weighted by atomic mass is 15.4. The summed E-state index contributed by atoms with van der Waals surface area (Å²) < 4.78 is 2.05. The van der Waals surface area contributed by atoms with Crippen LogP contribution in [0.4, 0.5) is 5.95 Å². The number of nitrogens with zero attached hydrogens (tertiary/aromatic N) is 3. The maximum atomic E-state index is 5.88. The Labute approximate surface area is 127 Å². The third-order valence-electron chi connectivity index (χ3n) is 3.63. The molecule has 0 fully saturated rings. The Bertz CT molecular complexity index is 876. The number of anilines is 1. The molecule has 1 atom stereocenters. The summed E-state index contributed by atoms with van der Waals surface area (Å²) >= 11 is 0. The fourth-order valence-corrected chi connectivity index (χ4v) is 2.64. The summed E-state index contributed by atoms with van der Waals surface area (Å²) in [5.41, 5.74) is 8.96. The molecule has 1 aliphatic heterocycles. The molecule has 0 amide bonds. The number of hydrogen-bond donors (Lipinski definition) is 2. The number of nitrogens with two attached hydrogens (primary N) is 1. The quantitative estimate of drug-likeness (QED) is 0.762. The molecule has 1 aliphatic rings. The Morgan fingerprint density at radius 2 is 1.82 bits per heavy atom. The predicted octanol–water partition coefficient (Wildman–Crippen LogP) is 2.99. The maximum Gasteiger partial charge on any atom is 0.212 e. The second-order valence-electron chi connectivity index (χ2n) is 5.12. The van der Waals surface area contributed by atoms with Crippen LogP contribution in [0.25, 0.3) is 17.1 Å². The summed E-state index contributed by atoms with van der Waals surface area (Å²) in [6.07, 6.45) is 3.87. The average Bonchev–Trinajstić information content (AvgIpc) is 2.91. The zero-order chi connectivity index (χ0) is 14.9. The Balaban J connectivity index is 1.79. The highest BCUT2D eigenvalue weighted by Gasteiger charge is 2.21. The molecule has 0 saturated carbocycles. The van der Waals surface area contributed by atoms with Crippen molar-refractivity contribution >= 4 is 29.0 Å². The normalized spacial score (nSPS) is 17.3. The van der Waals surface area contributed by atoms with Crippen LogP contribution in [0.3, 0.4) is 0 Å². The molecule has 5 heteroatoms. The van der Waals surface area contributed by atoms with E-state index >= 15 is 0 Å². The van der Waals surface area contributed by atoms with E-state index in [1.54, 1.807) is 0 Å². The van der Waals surface area contributed by atoms with Crippen molar-refractivity contribution in [3.05, 3.63) is 66.2 Å². The molecule has 4 rings (SSSR count). The van der Waals surface area contributed by atoms with Gasteiger partial charge in [0.25, 0.3) is 0 Å². The van der Waals surface area contributed by atoms with Gasteiger partial charge in [-0.05, 0) is 23.8 Å². The van der Waals surface area contributed by atoms with E-state index in [9.17, 15) is 0 Å². The van der Waals surface area contributed by atoms with E-state index in [1.165, 1.54) is 0 Å². The van der Waals surface area contributed by atoms with Crippen LogP contribution in [0.1, 0.15) is 11.7 Å². The molecule has 5 nitrogen and oxygen atoms in total. The average molecular weight is 289 g/mol. The van der Waals surface area contributed by atoms with Gasteiger partial charge < -0.3 is 5.73 Å². The van der Waals surface area contributed by atoms with Gasteiger partial charge >= 0.3 is 0 Å². The molecule has 0 unspecified atom stereocenters. The number of fused-ring (bicyclic) bond motifs is 3. The van der Waals surface area contributed by atoms with Gasteiger partial charge in [0.2, 0.25) is 5.95 Å². The smallest absolute Gasteiger partial charge is 0.212 e. The van der Waals surface area contributed by atoms with Crippen molar-refractivity contribution in [2.24, 2.45) is 10.7 Å². The molecule has 3 aromatic rings. The summed E-state index contributed by atoms with van der Waals surface area (Å²) in [5.74, 6) is 1.10. The Kier molecular flexibility index (Phi) is 2.89. The van der Waals surface area contributed by atoms with Crippen LogP contribution < -0.4 is 11.1 Å². The number of imidazole rings is 1. The van der Waals surface area contributed by atoms with E-state index in [-0.39, 0.29) is 6.17 Å². The van der Waals surface area contributed by atoms with Gasteiger partial charge in [-0.1, -0.05) is 48.5 Å². The minimum atomic E-state index is -0.205. The lowest BCUT2D eigenvalue weighted by Gasteiger charge is -2.21. The monoisotopic (exact) mass is 289 g/mol. The lowest BCUT2D eigenvalue weighted by molar-refractivity contribution is 0.650. The molecule has 108 valence electrons. The molecule has 1 aromatic heterocycles. The topological polar surface area (TPSA) is 68.2 Å². The second kappa shape index (κ2) is 5.04. The first-order valence-corrected chi connectivity index (χ1v) is 7.12. The van der Waals surface area contributed by atoms with Crippen molar-refractivity contribution in [2.45, 2.75) is 6.17 Å². The molecule has 0 saturated heterocycles. The van der Waals surface area contributed by atoms with E-state index in [4.69, 9.17) is 5.73 Å². The minimum absolute atomic E-state index is 0.205. The third-order valence-corrected chi connectivity index (χ3v) is 3.63. The van der Waals surface area contributed by atoms with Crippen LogP contribution in [0.2, 0.25) is 0 Å². The molecule has 0 radical (unpaired) electrons. The lowest BCUT2D eigenvalue weighted by Crippen LogP contribution is -2.30. The van der Waals surface area contributed by atoms with E-state index in [2.05, 4.69) is 27.4 Å². The molecule has 2 heterocycles. The first-order chi connectivity index (χ1) is 10.8. The van der Waals surface area contributed by atoms with Crippen molar-refractivity contribution in [1.29, 1.82) is 0 Å². The SMILES string of the molecule is NC1=N[C@@H](/C=C\c2ccccc2)n2c(nc3ccccc32)N1. The highest BCUT2D eigenvalue weighted by Crippen LogP contribution is 2.28. The van der Waals surface area contributed by atoms with Crippen LogP contribution in [0.5, 0.6) is 0 Å². The summed E-state index contributed by atoms with van der Waals surface area (Å²) in [7, 11) is 0. The van der Waals surface area contributed by atoms with Gasteiger partial charge in [-0.3, -0.25) is 9.88 Å². The van der Waals surface area contributed by atoms with E-state index < -0.39 is 0 Å². The fraction of sp³-hybridized carbons (Fsp3) is 0.0588. The van der Waals surface area contributed by atoms with E-state index in [0.29, 0.717) is 5.96 Å². The van der Waals surface area contributed by atoms with Crippen molar-refractivity contribution < 1.29 is 0 Å². The van der Waals surface area contributed by atoms with E-state index in [1.807, 2.05) is 59.2 Å². The molecule has 2 aromatic carbocycles. The number of nitrogens with one attached hydrogen (secondary N) is 1. The second-order valence-corrected chi connectivity index (χ2v) is 5.12. The molecular formula is C17H15N5. The zero-order valence-electron chi connectivity index (χ0n) is 11.8. The molecule has 3 N–H and O–H groups in total. The number of rotatable bonds is 2. The molecule has 22 heavy (non-hydrogen) atoms. The molecule has 0 spiro atoms. The molecule has 0 aliphatic carbocycles. The number of benzene rings is 2. The standard InChI is InChI=1S/C17H15N5/c18-16-20-15(11-10-12-6-2-1-3-7-12)22-14-9-5-4-8-13(14)19-17(22)21-16/h1-11,15H,(H3,18,19,20,21)/b11-10-/t15-/m1/s1. The van der Waals surface area contributed by atoms with Crippen LogP contribution in [-0.2, 0) is 0 Å². The fourth-order valence-electron chi connectivity index (χ4n) is 2.64. The van der Waals surface area contributed by atoms with Gasteiger partial charge in [0.1, 0.15) is 0 Å². The van der Waals surface area contributed by atoms with Crippen molar-refractivity contribution in [1.82, 2.24) is 9.55 Å². The first-order valence-electron chi connectivity index (χ1n) is 7.12. The van der Waals surface area contributed by atoms with Crippen molar-refractivity contribution in [2.75, 3.05) is 5.32 Å². The van der Waals surface area contributed by atoms with Gasteiger partial charge in [-0.15, -0.1) is 0 Å². The lowest BCUT2D eigenvalue weighted by atomic mass is 10.2. The number of aromatic nitrogens is 2. The summed E-state index contributed by atoms with van der Waals surface area (Å²) in [4.78, 5) is 9.05. The predicted molar refractivity (Wildman–Crippen MR) is 89.5 cm³/mol. The zero-order valence-corrected chi connectivity index (χ0v) is 11.8. The van der Waals surface area contributed by atoms with Crippen LogP contribution in [-0.4, -0.2) is 15.5 Å². The van der Waals surface area contributed by atoms with Gasteiger partial charge in [0, 0.05) is 0 Å². The summed E-state index contributed by atoms with van der Waals surface area (Å²) in [5, 5.41) is 3.02. The van der Waals surface area contributed by atoms with Crippen molar-refractivity contribution in [3.63, 3.8) is 0 Å². The maximum absolute atomic E-state index is 5.88. The van der Waals surface area contributed by atoms with Gasteiger partial charge in [-0.25, -0.2) is 9.98 Å². The summed E-state index contributed by atoms with van der Waals surface area (Å²) in [6, 6.07) is 18.1. The number of para-hydroxylation sites is 2. The van der Waals surface area contributed by atoms with E-state index in [0.717, 1.165) is 22.5 Å². The van der Waals surface area contributed by atoms with Gasteiger partial charge in [0.15, 0.2) is 12.1 Å². The number of hydrogen-bond acceptors (Lipinski definition) is 4. The molecule has 0 bridgehead atoms. The Morgan fingerprint density at radius 1 is 1.05 bits per heavy atom. The van der Waals surface area contributed by atoms with Crippen molar-refractivity contribution in [3.8, 4) is 0 Å². The largest absolute Gasteiger partial charge is 0.370 e. The van der Waals surface area contributed by atoms with Crippen LogP contribution >= 0.6 is 0 Å². The Morgan fingerprint density at radius 3 is 2.68 bits per heavy atom. The number of guanidine groups is 1. The van der Waals surface area contributed by atoms with Crippen LogP contribution in [0.15, 0.2) is 65.7 Å². The van der Waals surface area contributed by atoms with Gasteiger partial charge in [0.05, 0.1) is 11.0 Å². The molecular weight excluding hydrogens is 274 g/mol. The minimum Gasteiger partial charge on any atom is -0.370 e. The number of aliphatic imine (C=N–C) groups is 1. The summed E-state index contributed by atoms with van der Waals surface area (Å²) in [6.45, 7) is 0.